The second-order valence-electron chi connectivity index (χ2n) is 13.2. The molecule has 0 aliphatic carbocycles. The van der Waals surface area contributed by atoms with Gasteiger partial charge in [0.2, 0.25) is 0 Å². The number of carbonyl (C=O) groups is 1. The Hall–Kier alpha value is -2.49. The number of aromatic nitrogens is 1. The van der Waals surface area contributed by atoms with Gasteiger partial charge in [0, 0.05) is 59.2 Å². The minimum atomic E-state index is -3.12. The van der Waals surface area contributed by atoms with Crippen LogP contribution in [0, 0.1) is 5.41 Å². The summed E-state index contributed by atoms with van der Waals surface area (Å²) in [6.07, 6.45) is 16.2. The summed E-state index contributed by atoms with van der Waals surface area (Å²) >= 11 is 0. The predicted molar refractivity (Wildman–Crippen MR) is 226 cm³/mol. The largest absolute Gasteiger partial charge is 0.492 e. The van der Waals surface area contributed by atoms with E-state index in [1.165, 1.54) is 6.26 Å². The molecule has 0 radical (unpaired) electrons. The minimum absolute atomic E-state index is 0.0309. The van der Waals surface area contributed by atoms with E-state index in [2.05, 4.69) is 36.3 Å². The van der Waals surface area contributed by atoms with Crippen molar-refractivity contribution in [3.8, 4) is 5.75 Å². The molecule has 1 aliphatic heterocycles. The van der Waals surface area contributed by atoms with E-state index >= 15 is 0 Å². The molecular weight excluding hydrogens is 665 g/mol. The van der Waals surface area contributed by atoms with Gasteiger partial charge in [-0.2, -0.15) is 0 Å². The van der Waals surface area contributed by atoms with Crippen LogP contribution in [0.2, 0.25) is 0 Å². The van der Waals surface area contributed by atoms with Gasteiger partial charge in [-0.1, -0.05) is 88.8 Å². The topological polar surface area (TPSA) is 77.8 Å². The maximum Gasteiger partial charge on any atom is 0.170 e. The number of allylic oxidation sites excluding steroid dienone is 2. The standard InChI is InChI=1S/C33H50N2O5S2.4C2H6/c1-25(27-20-28(34-14-10-11-15-34)22-29(21-27)40-17-19-42(9,37)38)12-13-31-26(2)30(32(36)33(3,4)5)23-35(31)24-39-16-18-41(6,7)8;4*1-2/h12-13,20-23H,2,10-11,14-19,24H2,1,3-9H3;4*1-2H3/b25-12+,31-13+;;;;. The molecule has 1 aromatic heterocycles. The van der Waals surface area contributed by atoms with E-state index in [0.29, 0.717) is 29.9 Å². The van der Waals surface area contributed by atoms with Crippen molar-refractivity contribution in [1.29, 1.82) is 0 Å². The van der Waals surface area contributed by atoms with Crippen LogP contribution in [0.3, 0.4) is 0 Å². The fraction of sp³-hybridized carbons (Fsp3) is 0.634. The molecule has 2 heterocycles. The van der Waals surface area contributed by atoms with Crippen LogP contribution < -0.4 is 20.2 Å². The van der Waals surface area contributed by atoms with E-state index in [4.69, 9.17) is 9.47 Å². The van der Waals surface area contributed by atoms with Crippen molar-refractivity contribution in [3.63, 3.8) is 0 Å². The number of ketones is 1. The van der Waals surface area contributed by atoms with Crippen LogP contribution in [0.25, 0.3) is 18.2 Å². The number of nitrogens with zero attached hydrogens (tertiary/aromatic N) is 2. The molecule has 0 atom stereocenters. The van der Waals surface area contributed by atoms with E-state index in [1.807, 2.05) is 118 Å². The second-order valence-corrected chi connectivity index (χ2v) is 20.0. The molecule has 0 unspecified atom stereocenters. The van der Waals surface area contributed by atoms with Gasteiger partial charge < -0.3 is 18.9 Å². The summed E-state index contributed by atoms with van der Waals surface area (Å²) in [7, 11) is -3.78. The molecule has 50 heavy (non-hydrogen) atoms. The van der Waals surface area contributed by atoms with Crippen molar-refractivity contribution >= 4 is 49.6 Å². The van der Waals surface area contributed by atoms with Gasteiger partial charge in [-0.3, -0.25) is 4.79 Å². The number of hydrogen-bond donors (Lipinski definition) is 0. The Balaban J connectivity index is 0. The molecule has 0 bridgehead atoms. The highest BCUT2D eigenvalue weighted by Gasteiger charge is 2.25. The van der Waals surface area contributed by atoms with Crippen LogP contribution in [-0.4, -0.2) is 81.6 Å². The molecule has 0 spiro atoms. The lowest BCUT2D eigenvalue weighted by molar-refractivity contribution is 0.0846. The third-order valence-electron chi connectivity index (χ3n) is 7.26. The number of rotatable bonds is 13. The Kier molecular flexibility index (Phi) is 24.5. The quantitative estimate of drug-likeness (QED) is 0.151. The van der Waals surface area contributed by atoms with Crippen LogP contribution in [0.4, 0.5) is 5.69 Å². The minimum Gasteiger partial charge on any atom is -0.492 e. The average molecular weight is 739 g/mol. The summed E-state index contributed by atoms with van der Waals surface area (Å²) in [6.45, 7) is 31.2. The second kappa shape index (κ2) is 24.7. The normalized spacial score (nSPS) is 13.8. The first-order valence-electron chi connectivity index (χ1n) is 18.5. The predicted octanol–water partition coefficient (Wildman–Crippen LogP) is 8.81. The molecule has 7 nitrogen and oxygen atoms in total. The van der Waals surface area contributed by atoms with Crippen LogP contribution in [0.5, 0.6) is 5.75 Å². The van der Waals surface area contributed by atoms with Gasteiger partial charge >= 0.3 is 0 Å². The molecule has 2 aromatic rings. The molecule has 1 fully saturated rings. The number of benzene rings is 1. The van der Waals surface area contributed by atoms with Gasteiger partial charge in [0.15, 0.2) is 15.6 Å². The molecule has 1 saturated heterocycles. The zero-order valence-electron chi connectivity index (χ0n) is 34.8. The van der Waals surface area contributed by atoms with E-state index in [-0.39, 0.29) is 18.1 Å². The Morgan fingerprint density at radius 1 is 0.880 bits per heavy atom. The molecular formula is C41H74N2O5S2. The molecule has 1 aliphatic rings. The first-order valence-corrected chi connectivity index (χ1v) is 23.6. The van der Waals surface area contributed by atoms with Crippen LogP contribution >= 0.6 is 10.0 Å². The molecule has 9 heteroatoms. The third kappa shape index (κ3) is 18.1. The van der Waals surface area contributed by atoms with E-state index < -0.39 is 25.3 Å². The Bertz CT molecular complexity index is 1510. The SMILES string of the molecule is C=c1c(C(=O)C(C)(C)C)cn(COCCS(C)(C)C)/c1=C/C=C(\C)c1cc(OCCS(C)(=O)=O)cc(N2CCCC2)c1.CC.CC.CC.CC. The maximum atomic E-state index is 13.2. The Morgan fingerprint density at radius 3 is 1.94 bits per heavy atom. The lowest BCUT2D eigenvalue weighted by Gasteiger charge is -2.24. The Labute approximate surface area is 309 Å². The summed E-state index contributed by atoms with van der Waals surface area (Å²) in [4.78, 5) is 15.6. The summed E-state index contributed by atoms with van der Waals surface area (Å²) in [6, 6.07) is 6.11. The smallest absolute Gasteiger partial charge is 0.170 e. The molecule has 290 valence electrons. The zero-order valence-corrected chi connectivity index (χ0v) is 36.4. The van der Waals surface area contributed by atoms with E-state index in [0.717, 1.165) is 53.9 Å². The van der Waals surface area contributed by atoms with Gasteiger partial charge in [0.25, 0.3) is 0 Å². The number of anilines is 1. The molecule has 1 aromatic carbocycles. The van der Waals surface area contributed by atoms with E-state index in [9.17, 15) is 13.2 Å². The molecule has 0 N–H and O–H groups in total. The van der Waals surface area contributed by atoms with Gasteiger partial charge in [-0.25, -0.2) is 18.4 Å². The maximum absolute atomic E-state index is 13.2. The van der Waals surface area contributed by atoms with Crippen molar-refractivity contribution < 1.29 is 22.7 Å². The highest BCUT2D eigenvalue weighted by atomic mass is 32.3. The summed E-state index contributed by atoms with van der Waals surface area (Å²) in [5, 5.41) is 1.53. The number of ether oxygens (including phenoxy) is 2. The first kappa shape index (κ1) is 49.6. The molecule has 0 saturated carbocycles. The first-order chi connectivity index (χ1) is 23.4. The number of Topliss-reactive ketones (excluding diaryl/α,β-unsaturated/α-hetero) is 1. The lowest BCUT2D eigenvalue weighted by atomic mass is 9.87. The van der Waals surface area contributed by atoms with Gasteiger partial charge in [0.05, 0.1) is 17.7 Å². The number of hydrogen-bond acceptors (Lipinski definition) is 6. The van der Waals surface area contributed by atoms with Gasteiger partial charge in [0.1, 0.15) is 19.1 Å². The highest BCUT2D eigenvalue weighted by molar-refractivity contribution is 8.32. The van der Waals surface area contributed by atoms with Crippen molar-refractivity contribution in [1.82, 2.24) is 4.57 Å². The van der Waals surface area contributed by atoms with Crippen LogP contribution in [0.1, 0.15) is 112 Å². The van der Waals surface area contributed by atoms with Gasteiger partial charge in [-0.05, 0) is 67.9 Å². The van der Waals surface area contributed by atoms with Crippen molar-refractivity contribution in [2.75, 3.05) is 67.7 Å². The number of carbonyl (C=O) groups excluding carboxylic acids is 1. The van der Waals surface area contributed by atoms with Crippen molar-refractivity contribution in [3.05, 3.63) is 52.2 Å². The fourth-order valence-corrected chi connectivity index (χ4v) is 5.66. The van der Waals surface area contributed by atoms with Crippen LogP contribution in [0.15, 0.2) is 30.5 Å². The summed E-state index contributed by atoms with van der Waals surface area (Å²) in [5.74, 6) is 1.69. The van der Waals surface area contributed by atoms with Crippen molar-refractivity contribution in [2.24, 2.45) is 5.41 Å². The fourth-order valence-electron chi connectivity index (χ4n) is 4.65. The average Bonchev–Trinajstić information content (AvgIpc) is 3.72. The van der Waals surface area contributed by atoms with Gasteiger partial charge in [-0.15, -0.1) is 0 Å². The highest BCUT2D eigenvalue weighted by Crippen LogP contribution is 2.33. The lowest BCUT2D eigenvalue weighted by Crippen LogP contribution is -2.33. The monoisotopic (exact) mass is 739 g/mol. The Morgan fingerprint density at radius 2 is 1.44 bits per heavy atom. The van der Waals surface area contributed by atoms with Crippen molar-refractivity contribution in [2.45, 2.75) is 103 Å². The third-order valence-corrected chi connectivity index (χ3v) is 9.56. The number of sulfone groups is 1. The van der Waals surface area contributed by atoms with E-state index in [1.54, 1.807) is 0 Å². The zero-order chi connectivity index (χ0) is 39.3. The summed E-state index contributed by atoms with van der Waals surface area (Å²) < 4.78 is 37.2. The molecule has 0 amide bonds. The molecule has 3 rings (SSSR count). The van der Waals surface area contributed by atoms with Crippen LogP contribution in [-0.2, 0) is 21.3 Å². The summed E-state index contributed by atoms with van der Waals surface area (Å²) in [5.41, 5.74) is 3.16.